The monoisotopic (exact) mass is 456 g/mol. The van der Waals surface area contributed by atoms with E-state index in [0.717, 1.165) is 5.75 Å². The van der Waals surface area contributed by atoms with Crippen molar-refractivity contribution < 1.29 is 9.15 Å². The van der Waals surface area contributed by atoms with Crippen LogP contribution in [0, 0.1) is 0 Å². The van der Waals surface area contributed by atoms with E-state index in [-0.39, 0.29) is 6.61 Å². The van der Waals surface area contributed by atoms with Crippen molar-refractivity contribution in [1.82, 2.24) is 25.1 Å². The molecule has 0 fully saturated rings. The van der Waals surface area contributed by atoms with Crippen LogP contribution in [0.15, 0.2) is 58.1 Å². The Hall–Kier alpha value is -3.04. The van der Waals surface area contributed by atoms with E-state index in [2.05, 4.69) is 46.4 Å². The van der Waals surface area contributed by atoms with E-state index in [0.29, 0.717) is 45.0 Å². The maximum Gasteiger partial charge on any atom is 0.249 e. The van der Waals surface area contributed by atoms with Gasteiger partial charge in [0.05, 0.1) is 16.3 Å². The number of thioether (sulfide) groups is 1. The third-order valence-corrected chi connectivity index (χ3v) is 5.80. The fourth-order valence-electron chi connectivity index (χ4n) is 2.78. The lowest BCUT2D eigenvalue weighted by atomic mass is 10.0. The van der Waals surface area contributed by atoms with E-state index >= 15 is 0 Å². The van der Waals surface area contributed by atoms with E-state index < -0.39 is 0 Å². The van der Waals surface area contributed by atoms with Crippen LogP contribution in [-0.4, -0.2) is 25.1 Å². The van der Waals surface area contributed by atoms with Crippen molar-refractivity contribution in [3.05, 3.63) is 70.8 Å². The number of hydrogen-bond acceptors (Lipinski definition) is 8. The Morgan fingerprint density at radius 2 is 1.84 bits per heavy atom. The van der Waals surface area contributed by atoms with E-state index in [1.54, 1.807) is 6.07 Å². The summed E-state index contributed by atoms with van der Waals surface area (Å²) in [4.78, 5) is 0. The van der Waals surface area contributed by atoms with Crippen LogP contribution >= 0.6 is 23.4 Å². The summed E-state index contributed by atoms with van der Waals surface area (Å²) in [5, 5.41) is 17.4. The largest absolute Gasteiger partial charge is 0.486 e. The van der Waals surface area contributed by atoms with E-state index in [1.165, 1.54) is 22.0 Å². The Morgan fingerprint density at radius 3 is 2.58 bits per heavy atom. The molecule has 2 aromatic heterocycles. The van der Waals surface area contributed by atoms with E-state index in [4.69, 9.17) is 26.6 Å². The fraction of sp³-hybridized carbons (Fsp3) is 0.238. The van der Waals surface area contributed by atoms with Crippen LogP contribution in [0.1, 0.15) is 37.0 Å². The average molecular weight is 457 g/mol. The summed E-state index contributed by atoms with van der Waals surface area (Å²) in [6.07, 6.45) is 0. The van der Waals surface area contributed by atoms with Crippen molar-refractivity contribution in [2.45, 2.75) is 37.3 Å². The zero-order valence-electron chi connectivity index (χ0n) is 17.0. The fourth-order valence-corrected chi connectivity index (χ4v) is 3.71. The lowest BCUT2D eigenvalue weighted by molar-refractivity contribution is 0.291. The van der Waals surface area contributed by atoms with E-state index in [1.807, 2.05) is 30.3 Å². The Labute approximate surface area is 188 Å². The zero-order chi connectivity index (χ0) is 21.8. The molecule has 2 N–H and O–H groups in total. The lowest BCUT2D eigenvalue weighted by Crippen LogP contribution is -2.15. The van der Waals surface area contributed by atoms with Gasteiger partial charge < -0.3 is 15.0 Å². The van der Waals surface area contributed by atoms with Gasteiger partial charge in [0, 0.05) is 0 Å². The summed E-state index contributed by atoms with van der Waals surface area (Å²) in [6.45, 7) is 4.51. The molecule has 0 aliphatic carbocycles. The second kappa shape index (κ2) is 9.40. The van der Waals surface area contributed by atoms with Gasteiger partial charge in [0.25, 0.3) is 0 Å². The smallest absolute Gasteiger partial charge is 0.249 e. The van der Waals surface area contributed by atoms with Gasteiger partial charge in [0.15, 0.2) is 5.82 Å². The minimum Gasteiger partial charge on any atom is -0.486 e. The van der Waals surface area contributed by atoms with Gasteiger partial charge in [-0.3, -0.25) is 0 Å². The number of halogens is 1. The maximum absolute atomic E-state index is 6.18. The first-order valence-corrected chi connectivity index (χ1v) is 11.0. The second-order valence-electron chi connectivity index (χ2n) is 7.05. The summed E-state index contributed by atoms with van der Waals surface area (Å²) >= 11 is 7.52. The lowest BCUT2D eigenvalue weighted by Gasteiger charge is -2.08. The number of nitrogens with two attached hydrogens (primary N) is 1. The minimum atomic E-state index is 0.211. The summed E-state index contributed by atoms with van der Waals surface area (Å²) in [5.41, 5.74) is 1.95. The molecule has 0 bridgehead atoms. The van der Waals surface area contributed by atoms with Crippen LogP contribution in [-0.2, 0) is 12.4 Å². The first-order valence-electron chi connectivity index (χ1n) is 9.63. The molecular formula is C21H21ClN6O2S. The highest BCUT2D eigenvalue weighted by Crippen LogP contribution is 2.28. The highest BCUT2D eigenvalue weighted by molar-refractivity contribution is 7.98. The van der Waals surface area contributed by atoms with Crippen molar-refractivity contribution in [1.29, 1.82) is 0 Å². The number of nitrogen functional groups attached to an aromatic ring is 1. The molecule has 31 heavy (non-hydrogen) atoms. The third kappa shape index (κ3) is 5.00. The van der Waals surface area contributed by atoms with Gasteiger partial charge in [-0.2, -0.15) is 0 Å². The average Bonchev–Trinajstić information content (AvgIpc) is 3.38. The molecule has 2 aromatic carbocycles. The summed E-state index contributed by atoms with van der Waals surface area (Å²) in [5.74, 6) is 9.05. The highest BCUT2D eigenvalue weighted by atomic mass is 35.5. The summed E-state index contributed by atoms with van der Waals surface area (Å²) in [7, 11) is 0. The molecule has 0 aliphatic heterocycles. The van der Waals surface area contributed by atoms with Crippen molar-refractivity contribution in [2.24, 2.45) is 0 Å². The summed E-state index contributed by atoms with van der Waals surface area (Å²) in [6, 6.07) is 15.3. The normalized spacial score (nSPS) is 11.2. The van der Waals surface area contributed by atoms with Crippen LogP contribution in [0.5, 0.6) is 5.75 Å². The molecule has 0 amide bonds. The third-order valence-electron chi connectivity index (χ3n) is 4.55. The number of aromatic nitrogens is 5. The van der Waals surface area contributed by atoms with Gasteiger partial charge in [0.2, 0.25) is 16.9 Å². The van der Waals surface area contributed by atoms with Crippen molar-refractivity contribution in [3.8, 4) is 17.2 Å². The first-order chi connectivity index (χ1) is 15.0. The van der Waals surface area contributed by atoms with E-state index in [9.17, 15) is 0 Å². The van der Waals surface area contributed by atoms with Crippen LogP contribution in [0.4, 0.5) is 0 Å². The SMILES string of the molecule is CC(C)c1ccc(OCc2nnc(SCc3nnc(-c4ccccc4Cl)o3)n2N)cc1. The van der Waals surface area contributed by atoms with Gasteiger partial charge in [-0.1, -0.05) is 61.5 Å². The predicted octanol–water partition coefficient (Wildman–Crippen LogP) is 4.69. The number of nitrogens with zero attached hydrogens (tertiary/aromatic N) is 5. The van der Waals surface area contributed by atoms with Crippen LogP contribution in [0.25, 0.3) is 11.5 Å². The van der Waals surface area contributed by atoms with Gasteiger partial charge in [-0.15, -0.1) is 20.4 Å². The molecule has 0 saturated carbocycles. The first kappa shape index (κ1) is 21.2. The highest BCUT2D eigenvalue weighted by Gasteiger charge is 2.15. The number of hydrogen-bond donors (Lipinski definition) is 1. The standard InChI is InChI=1S/C21H21ClN6O2S/c1-13(2)14-7-9-15(10-8-14)29-11-18-24-27-21(28(18)23)31-12-19-25-26-20(30-19)16-5-3-4-6-17(16)22/h3-10,13H,11-12,23H2,1-2H3. The quantitative estimate of drug-likeness (QED) is 0.300. The zero-order valence-corrected chi connectivity index (χ0v) is 18.6. The molecule has 4 rings (SSSR count). The molecule has 0 aliphatic rings. The number of rotatable bonds is 8. The van der Waals surface area contributed by atoms with Gasteiger partial charge in [0.1, 0.15) is 12.4 Å². The van der Waals surface area contributed by atoms with Gasteiger partial charge in [-0.25, -0.2) is 4.68 Å². The van der Waals surface area contributed by atoms with Gasteiger partial charge in [-0.05, 0) is 35.7 Å². The maximum atomic E-state index is 6.18. The molecule has 0 unspecified atom stereocenters. The molecule has 2 heterocycles. The predicted molar refractivity (Wildman–Crippen MR) is 119 cm³/mol. The number of benzene rings is 2. The Kier molecular flexibility index (Phi) is 6.43. The molecule has 0 saturated heterocycles. The van der Waals surface area contributed by atoms with Gasteiger partial charge >= 0.3 is 0 Å². The molecule has 4 aromatic rings. The Morgan fingerprint density at radius 1 is 1.06 bits per heavy atom. The Bertz CT molecular complexity index is 1160. The topological polar surface area (TPSA) is 105 Å². The second-order valence-corrected chi connectivity index (χ2v) is 8.40. The molecule has 160 valence electrons. The van der Waals surface area contributed by atoms with Crippen LogP contribution in [0.2, 0.25) is 5.02 Å². The van der Waals surface area contributed by atoms with Crippen molar-refractivity contribution in [2.75, 3.05) is 5.84 Å². The van der Waals surface area contributed by atoms with Crippen LogP contribution < -0.4 is 10.6 Å². The molecule has 0 spiro atoms. The molecule has 0 radical (unpaired) electrons. The molecular weight excluding hydrogens is 436 g/mol. The Balaban J connectivity index is 1.35. The number of ether oxygens (including phenoxy) is 1. The van der Waals surface area contributed by atoms with Crippen molar-refractivity contribution in [3.63, 3.8) is 0 Å². The summed E-state index contributed by atoms with van der Waals surface area (Å²) < 4.78 is 12.9. The van der Waals surface area contributed by atoms with Crippen molar-refractivity contribution >= 4 is 23.4 Å². The molecule has 8 nitrogen and oxygen atoms in total. The molecule has 0 atom stereocenters. The minimum absolute atomic E-state index is 0.211. The van der Waals surface area contributed by atoms with Crippen LogP contribution in [0.3, 0.4) is 0 Å². The molecule has 10 heteroatoms.